The van der Waals surface area contributed by atoms with Crippen LogP contribution in [-0.4, -0.2) is 23.8 Å². The van der Waals surface area contributed by atoms with Gasteiger partial charge in [0.1, 0.15) is 11.3 Å². The molecule has 3 rings (SSSR count). The van der Waals surface area contributed by atoms with Gasteiger partial charge >= 0.3 is 0 Å². The van der Waals surface area contributed by atoms with Gasteiger partial charge in [0, 0.05) is 17.1 Å². The fraction of sp³-hybridized carbons (Fsp3) is 0. The van der Waals surface area contributed by atoms with Crippen molar-refractivity contribution in [2.75, 3.05) is 0 Å². The minimum Gasteiger partial charge on any atom is -0.454 e. The van der Waals surface area contributed by atoms with E-state index in [0.29, 0.717) is 28.2 Å². The van der Waals surface area contributed by atoms with Crippen molar-refractivity contribution < 1.29 is 14.0 Å². The van der Waals surface area contributed by atoms with Gasteiger partial charge in [-0.05, 0) is 18.2 Å². The van der Waals surface area contributed by atoms with Gasteiger partial charge in [-0.2, -0.15) is 0 Å². The number of nitrogens with zero attached hydrogens (tertiary/aromatic N) is 2. The summed E-state index contributed by atoms with van der Waals surface area (Å²) in [5.41, 5.74) is 1.92. The normalized spacial score (nSPS) is 11.0. The number of furan rings is 1. The molecule has 0 atom stereocenters. The van der Waals surface area contributed by atoms with Gasteiger partial charge in [-0.3, -0.25) is 19.6 Å². The summed E-state index contributed by atoms with van der Waals surface area (Å²) in [5.74, 6) is 0.500. The van der Waals surface area contributed by atoms with Crippen molar-refractivity contribution in [2.24, 2.45) is 4.99 Å². The van der Waals surface area contributed by atoms with E-state index in [9.17, 15) is 9.59 Å². The lowest BCUT2D eigenvalue weighted by Gasteiger charge is -1.95. The van der Waals surface area contributed by atoms with E-state index >= 15 is 0 Å². The van der Waals surface area contributed by atoms with Crippen molar-refractivity contribution in [2.45, 2.75) is 0 Å². The first kappa shape index (κ1) is 12.9. The number of hydrogen-bond acceptors (Lipinski definition) is 5. The lowest BCUT2D eigenvalue weighted by molar-refractivity contribution is 0.111. The minimum absolute atomic E-state index is 0.450. The molecule has 0 N–H and O–H groups in total. The predicted octanol–water partition coefficient (Wildman–Crippen LogP) is 3.20. The number of fused-ring (bicyclic) bond motifs is 1. The molecule has 0 aliphatic rings. The molecule has 0 amide bonds. The van der Waals surface area contributed by atoms with Crippen LogP contribution in [0.5, 0.6) is 0 Å². The molecule has 0 aliphatic heterocycles. The molecule has 0 saturated carbocycles. The second-order valence-corrected chi connectivity index (χ2v) is 4.34. The molecule has 0 unspecified atom stereocenters. The highest BCUT2D eigenvalue weighted by Gasteiger charge is 2.06. The summed E-state index contributed by atoms with van der Waals surface area (Å²) in [4.78, 5) is 30.0. The van der Waals surface area contributed by atoms with Gasteiger partial charge in [0.05, 0.1) is 23.7 Å². The highest BCUT2D eigenvalue weighted by Crippen LogP contribution is 2.22. The number of aldehydes is 2. The number of carbonyl (C=O) groups excluding carboxylic acids is 2. The van der Waals surface area contributed by atoms with E-state index in [1.807, 2.05) is 6.07 Å². The maximum atomic E-state index is 11.0. The van der Waals surface area contributed by atoms with Crippen molar-refractivity contribution in [3.8, 4) is 0 Å². The highest BCUT2D eigenvalue weighted by atomic mass is 16.3. The SMILES string of the molecule is O=Cc1ccncc1N=Cc1cc2cccc(C=O)c2o1. The van der Waals surface area contributed by atoms with Gasteiger partial charge in [-0.15, -0.1) is 0 Å². The molecule has 0 spiro atoms. The van der Waals surface area contributed by atoms with E-state index in [0.717, 1.165) is 18.0 Å². The summed E-state index contributed by atoms with van der Waals surface area (Å²) in [7, 11) is 0. The molecule has 0 fully saturated rings. The Balaban J connectivity index is 2.00. The third-order valence-corrected chi connectivity index (χ3v) is 3.01. The molecule has 21 heavy (non-hydrogen) atoms. The maximum absolute atomic E-state index is 11.0. The molecule has 5 heteroatoms. The first-order valence-electron chi connectivity index (χ1n) is 6.23. The van der Waals surface area contributed by atoms with Gasteiger partial charge in [-0.25, -0.2) is 0 Å². The number of aliphatic imine (C=N–C) groups is 1. The van der Waals surface area contributed by atoms with Gasteiger partial charge in [0.15, 0.2) is 12.6 Å². The number of para-hydroxylation sites is 1. The number of pyridine rings is 1. The third kappa shape index (κ3) is 2.49. The second kappa shape index (κ2) is 5.50. The Bertz CT molecular complexity index is 850. The molecule has 0 radical (unpaired) electrons. The Morgan fingerprint density at radius 3 is 2.76 bits per heavy atom. The van der Waals surface area contributed by atoms with Gasteiger partial charge in [0.25, 0.3) is 0 Å². The first-order chi connectivity index (χ1) is 10.3. The van der Waals surface area contributed by atoms with Crippen molar-refractivity contribution >= 4 is 35.4 Å². The monoisotopic (exact) mass is 278 g/mol. The minimum atomic E-state index is 0.450. The maximum Gasteiger partial charge on any atom is 0.153 e. The molecular weight excluding hydrogens is 268 g/mol. The van der Waals surface area contributed by atoms with Crippen LogP contribution in [0.1, 0.15) is 26.5 Å². The molecule has 1 aromatic carbocycles. The molecule has 0 bridgehead atoms. The molecular formula is C16H10N2O3. The van der Waals surface area contributed by atoms with Crippen LogP contribution in [0.15, 0.2) is 52.1 Å². The van der Waals surface area contributed by atoms with Gasteiger partial charge < -0.3 is 4.42 Å². The second-order valence-electron chi connectivity index (χ2n) is 4.34. The van der Waals surface area contributed by atoms with Gasteiger partial charge in [0.2, 0.25) is 0 Å². The van der Waals surface area contributed by atoms with Crippen molar-refractivity contribution in [3.05, 3.63) is 59.6 Å². The smallest absolute Gasteiger partial charge is 0.153 e. The lowest BCUT2D eigenvalue weighted by Crippen LogP contribution is -1.83. The zero-order valence-electron chi connectivity index (χ0n) is 10.9. The third-order valence-electron chi connectivity index (χ3n) is 3.01. The molecule has 5 nitrogen and oxygen atoms in total. The summed E-state index contributed by atoms with van der Waals surface area (Å²) >= 11 is 0. The van der Waals surface area contributed by atoms with Crippen LogP contribution in [0.4, 0.5) is 5.69 Å². The average Bonchev–Trinajstić information content (AvgIpc) is 2.96. The Labute approximate surface area is 119 Å². The van der Waals surface area contributed by atoms with Crippen LogP contribution >= 0.6 is 0 Å². The van der Waals surface area contributed by atoms with Crippen molar-refractivity contribution in [1.29, 1.82) is 0 Å². The largest absolute Gasteiger partial charge is 0.454 e. The van der Waals surface area contributed by atoms with E-state index < -0.39 is 0 Å². The van der Waals surface area contributed by atoms with E-state index in [-0.39, 0.29) is 0 Å². The number of carbonyl (C=O) groups is 2. The highest BCUT2D eigenvalue weighted by molar-refractivity contribution is 5.97. The average molecular weight is 278 g/mol. The van der Waals surface area contributed by atoms with E-state index in [1.54, 1.807) is 24.3 Å². The van der Waals surface area contributed by atoms with E-state index in [1.165, 1.54) is 18.6 Å². The summed E-state index contributed by atoms with van der Waals surface area (Å²) in [5, 5.41) is 0.822. The standard InChI is InChI=1S/C16H10N2O3/c19-9-12-4-5-17-8-15(12)18-7-14-6-11-2-1-3-13(10-20)16(11)21-14/h1-10H. The zero-order chi connectivity index (χ0) is 14.7. The zero-order valence-corrected chi connectivity index (χ0v) is 10.9. The van der Waals surface area contributed by atoms with Crippen LogP contribution in [0.2, 0.25) is 0 Å². The summed E-state index contributed by atoms with van der Waals surface area (Å²) in [6, 6.07) is 8.69. The van der Waals surface area contributed by atoms with Crippen LogP contribution in [0.25, 0.3) is 11.0 Å². The summed E-state index contributed by atoms with van der Waals surface area (Å²) < 4.78 is 5.60. The topological polar surface area (TPSA) is 72.5 Å². The van der Waals surface area contributed by atoms with Crippen LogP contribution in [-0.2, 0) is 0 Å². The first-order valence-corrected chi connectivity index (χ1v) is 6.23. The number of aromatic nitrogens is 1. The molecule has 3 aromatic rings. The Morgan fingerprint density at radius 1 is 1.10 bits per heavy atom. The fourth-order valence-corrected chi connectivity index (χ4v) is 2.00. The van der Waals surface area contributed by atoms with Gasteiger partial charge in [-0.1, -0.05) is 12.1 Å². The Hall–Kier alpha value is -3.08. The quantitative estimate of drug-likeness (QED) is 0.542. The molecule has 2 heterocycles. The number of rotatable bonds is 4. The Kier molecular flexibility index (Phi) is 3.39. The molecule has 2 aromatic heterocycles. The molecule has 0 aliphatic carbocycles. The van der Waals surface area contributed by atoms with Crippen molar-refractivity contribution in [1.82, 2.24) is 4.98 Å². The molecule has 102 valence electrons. The fourth-order valence-electron chi connectivity index (χ4n) is 2.00. The van der Waals surface area contributed by atoms with E-state index in [4.69, 9.17) is 4.42 Å². The molecule has 0 saturated heterocycles. The summed E-state index contributed by atoms with van der Waals surface area (Å²) in [6.07, 6.45) is 5.99. The van der Waals surface area contributed by atoms with E-state index in [2.05, 4.69) is 9.98 Å². The number of hydrogen-bond donors (Lipinski definition) is 0. The summed E-state index contributed by atoms with van der Waals surface area (Å²) in [6.45, 7) is 0. The Morgan fingerprint density at radius 2 is 1.95 bits per heavy atom. The van der Waals surface area contributed by atoms with Crippen LogP contribution < -0.4 is 0 Å². The van der Waals surface area contributed by atoms with Crippen molar-refractivity contribution in [3.63, 3.8) is 0 Å². The lowest BCUT2D eigenvalue weighted by atomic mass is 10.2. The van der Waals surface area contributed by atoms with Crippen LogP contribution in [0, 0.1) is 0 Å². The number of benzene rings is 1. The predicted molar refractivity (Wildman–Crippen MR) is 78.5 cm³/mol. The van der Waals surface area contributed by atoms with Crippen LogP contribution in [0.3, 0.4) is 0 Å².